The molecule has 132 valence electrons. The number of rotatable bonds is 4. The molecule has 0 unspecified atom stereocenters. The summed E-state index contributed by atoms with van der Waals surface area (Å²) < 4.78 is 16.9. The molecule has 7 nitrogen and oxygen atoms in total. The van der Waals surface area contributed by atoms with Crippen LogP contribution in [-0.2, 0) is 16.1 Å². The number of carbonyl (C=O) groups excluding carboxylic acids is 1. The highest BCUT2D eigenvalue weighted by Crippen LogP contribution is 2.36. The van der Waals surface area contributed by atoms with Crippen LogP contribution in [-0.4, -0.2) is 52.3 Å². The van der Waals surface area contributed by atoms with Crippen molar-refractivity contribution < 1.29 is 18.8 Å². The number of piperidine rings is 1. The normalized spacial score (nSPS) is 26.2. The van der Waals surface area contributed by atoms with Crippen LogP contribution in [0.25, 0.3) is 0 Å². The van der Waals surface area contributed by atoms with Gasteiger partial charge in [0.25, 0.3) is 5.91 Å². The molecule has 1 spiro atoms. The lowest BCUT2D eigenvalue weighted by Gasteiger charge is -2.39. The van der Waals surface area contributed by atoms with Crippen molar-refractivity contribution in [3.63, 3.8) is 0 Å². The summed E-state index contributed by atoms with van der Waals surface area (Å²) in [5, 5.41) is 3.61. The van der Waals surface area contributed by atoms with Gasteiger partial charge in [0, 0.05) is 25.4 Å². The van der Waals surface area contributed by atoms with E-state index in [9.17, 15) is 4.79 Å². The molecule has 0 N–H and O–H groups in total. The van der Waals surface area contributed by atoms with Crippen molar-refractivity contribution in [2.24, 2.45) is 0 Å². The fourth-order valence-electron chi connectivity index (χ4n) is 3.65. The highest BCUT2D eigenvalue weighted by Gasteiger charge is 2.45. The number of aromatic nitrogens is 2. The molecule has 2 fully saturated rings. The minimum atomic E-state index is -0.298. The molecule has 0 aromatic carbocycles. The summed E-state index contributed by atoms with van der Waals surface area (Å²) in [6, 6.07) is 3.90. The monoisotopic (exact) mass is 343 g/mol. The highest BCUT2D eigenvalue weighted by molar-refractivity contribution is 5.93. The SMILES string of the molecule is O=C(c1cnoc1)N1CCC[C@]2(C[C@@H](OCc3ccncc3)CO2)C1. The summed E-state index contributed by atoms with van der Waals surface area (Å²) in [5.74, 6) is -0.0509. The molecule has 2 atom stereocenters. The van der Waals surface area contributed by atoms with Crippen LogP contribution >= 0.6 is 0 Å². The van der Waals surface area contributed by atoms with Crippen molar-refractivity contribution in [2.75, 3.05) is 19.7 Å². The summed E-state index contributed by atoms with van der Waals surface area (Å²) in [5.41, 5.74) is 1.29. The standard InChI is InChI=1S/C18H21N3O4/c22-17(15-9-20-25-11-15)21-7-1-4-18(13-21)8-16(12-24-18)23-10-14-2-5-19-6-3-14/h2-3,5-6,9,11,16H,1,4,7-8,10,12-13H2/t16-,18+/m1/s1. The number of nitrogens with zero attached hydrogens (tertiary/aromatic N) is 3. The number of hydrogen-bond donors (Lipinski definition) is 0. The molecule has 2 aromatic rings. The molecule has 0 aliphatic carbocycles. The molecule has 7 heteroatoms. The van der Waals surface area contributed by atoms with Gasteiger partial charge in [-0.2, -0.15) is 0 Å². The second-order valence-electron chi connectivity index (χ2n) is 6.73. The third-order valence-corrected chi connectivity index (χ3v) is 4.92. The molecule has 4 rings (SSSR count). The van der Waals surface area contributed by atoms with Gasteiger partial charge in [-0.15, -0.1) is 0 Å². The molecule has 0 bridgehead atoms. The molecule has 2 aliphatic heterocycles. The Morgan fingerprint density at radius 3 is 3.08 bits per heavy atom. The first-order valence-electron chi connectivity index (χ1n) is 8.57. The minimum absolute atomic E-state index is 0.0509. The van der Waals surface area contributed by atoms with Crippen molar-refractivity contribution in [1.29, 1.82) is 0 Å². The molecule has 0 saturated carbocycles. The topological polar surface area (TPSA) is 77.7 Å². The fourth-order valence-corrected chi connectivity index (χ4v) is 3.65. The van der Waals surface area contributed by atoms with E-state index in [1.54, 1.807) is 12.4 Å². The van der Waals surface area contributed by atoms with Gasteiger partial charge < -0.3 is 18.9 Å². The van der Waals surface area contributed by atoms with Crippen LogP contribution in [0.1, 0.15) is 35.2 Å². The predicted octanol–water partition coefficient (Wildman–Crippen LogP) is 2.05. The van der Waals surface area contributed by atoms with Gasteiger partial charge in [0.05, 0.1) is 43.2 Å². The van der Waals surface area contributed by atoms with Crippen molar-refractivity contribution in [1.82, 2.24) is 15.0 Å². The molecular weight excluding hydrogens is 322 g/mol. The van der Waals surface area contributed by atoms with Crippen LogP contribution in [0.2, 0.25) is 0 Å². The molecular formula is C18H21N3O4. The zero-order chi connectivity index (χ0) is 17.1. The summed E-state index contributed by atoms with van der Waals surface area (Å²) in [4.78, 5) is 18.4. The van der Waals surface area contributed by atoms with E-state index in [2.05, 4.69) is 10.1 Å². The number of pyridine rings is 1. The van der Waals surface area contributed by atoms with Crippen LogP contribution in [0.15, 0.2) is 41.5 Å². The smallest absolute Gasteiger partial charge is 0.258 e. The molecule has 2 aromatic heterocycles. The first kappa shape index (κ1) is 16.2. The summed E-state index contributed by atoms with van der Waals surface area (Å²) in [7, 11) is 0. The molecule has 2 aliphatic rings. The Kier molecular flexibility index (Phi) is 4.50. The number of likely N-dealkylation sites (tertiary alicyclic amines) is 1. The van der Waals surface area contributed by atoms with Gasteiger partial charge >= 0.3 is 0 Å². The molecule has 25 heavy (non-hydrogen) atoms. The van der Waals surface area contributed by atoms with E-state index in [-0.39, 0.29) is 17.6 Å². The molecule has 1 amide bonds. The van der Waals surface area contributed by atoms with Crippen molar-refractivity contribution in [2.45, 2.75) is 37.6 Å². The van der Waals surface area contributed by atoms with E-state index in [1.807, 2.05) is 17.0 Å². The Morgan fingerprint density at radius 2 is 2.28 bits per heavy atom. The zero-order valence-corrected chi connectivity index (χ0v) is 14.0. The second-order valence-corrected chi connectivity index (χ2v) is 6.73. The first-order chi connectivity index (χ1) is 12.2. The second kappa shape index (κ2) is 6.93. The van der Waals surface area contributed by atoms with Crippen molar-refractivity contribution in [3.8, 4) is 0 Å². The van der Waals surface area contributed by atoms with Crippen molar-refractivity contribution >= 4 is 5.91 Å². The lowest BCUT2D eigenvalue weighted by atomic mass is 9.89. The predicted molar refractivity (Wildman–Crippen MR) is 87.8 cm³/mol. The number of amides is 1. The first-order valence-corrected chi connectivity index (χ1v) is 8.57. The summed E-state index contributed by atoms with van der Waals surface area (Å²) in [6.45, 7) is 2.44. The van der Waals surface area contributed by atoms with Crippen LogP contribution in [0, 0.1) is 0 Å². The number of carbonyl (C=O) groups is 1. The van der Waals surface area contributed by atoms with E-state index in [4.69, 9.17) is 14.0 Å². The van der Waals surface area contributed by atoms with E-state index in [0.717, 1.165) is 31.4 Å². The van der Waals surface area contributed by atoms with Crippen molar-refractivity contribution in [3.05, 3.63) is 48.1 Å². The number of hydrogen-bond acceptors (Lipinski definition) is 6. The third kappa shape index (κ3) is 3.57. The Bertz CT molecular complexity index is 706. The van der Waals surface area contributed by atoms with Crippen LogP contribution in [0.5, 0.6) is 0 Å². The van der Waals surface area contributed by atoms with Crippen LogP contribution < -0.4 is 0 Å². The van der Waals surface area contributed by atoms with Gasteiger partial charge in [-0.05, 0) is 30.5 Å². The Balaban J connectivity index is 1.35. The quantitative estimate of drug-likeness (QED) is 0.845. The van der Waals surface area contributed by atoms with Crippen LogP contribution in [0.3, 0.4) is 0 Å². The van der Waals surface area contributed by atoms with Gasteiger partial charge in [0.15, 0.2) is 0 Å². The van der Waals surface area contributed by atoms with Gasteiger partial charge in [-0.1, -0.05) is 5.16 Å². The van der Waals surface area contributed by atoms with E-state index in [1.165, 1.54) is 12.5 Å². The maximum atomic E-state index is 12.5. The fraction of sp³-hybridized carbons (Fsp3) is 0.500. The van der Waals surface area contributed by atoms with Crippen LogP contribution in [0.4, 0.5) is 0 Å². The highest BCUT2D eigenvalue weighted by atomic mass is 16.6. The number of ether oxygens (including phenoxy) is 2. The van der Waals surface area contributed by atoms with Gasteiger partial charge in [0.1, 0.15) is 6.26 Å². The van der Waals surface area contributed by atoms with E-state index in [0.29, 0.717) is 25.3 Å². The van der Waals surface area contributed by atoms with E-state index < -0.39 is 0 Å². The third-order valence-electron chi connectivity index (χ3n) is 4.92. The Labute approximate surface area is 145 Å². The van der Waals surface area contributed by atoms with E-state index >= 15 is 0 Å². The average molecular weight is 343 g/mol. The van der Waals surface area contributed by atoms with Gasteiger partial charge in [-0.25, -0.2) is 0 Å². The zero-order valence-electron chi connectivity index (χ0n) is 14.0. The van der Waals surface area contributed by atoms with Gasteiger partial charge in [0.2, 0.25) is 0 Å². The maximum absolute atomic E-state index is 12.5. The lowest BCUT2D eigenvalue weighted by Crippen LogP contribution is -2.50. The molecule has 2 saturated heterocycles. The summed E-state index contributed by atoms with van der Waals surface area (Å²) >= 11 is 0. The average Bonchev–Trinajstić information content (AvgIpc) is 3.31. The largest absolute Gasteiger partial charge is 0.371 e. The molecule has 4 heterocycles. The lowest BCUT2D eigenvalue weighted by molar-refractivity contribution is -0.0466. The Morgan fingerprint density at radius 1 is 1.40 bits per heavy atom. The molecule has 0 radical (unpaired) electrons. The van der Waals surface area contributed by atoms with Gasteiger partial charge in [-0.3, -0.25) is 9.78 Å². The maximum Gasteiger partial charge on any atom is 0.258 e. The summed E-state index contributed by atoms with van der Waals surface area (Å²) in [6.07, 6.45) is 9.12. The Hall–Kier alpha value is -2.25. The minimum Gasteiger partial charge on any atom is -0.371 e.